The molecular weight excluding hydrogens is 248 g/mol. The van der Waals surface area contributed by atoms with E-state index in [0.717, 1.165) is 17.4 Å². The van der Waals surface area contributed by atoms with Gasteiger partial charge in [-0.15, -0.1) is 11.3 Å². The Balaban J connectivity index is 2.42. The quantitative estimate of drug-likeness (QED) is 0.833. The normalized spacial score (nSPS) is 13.3. The zero-order valence-electron chi connectivity index (χ0n) is 11.5. The lowest BCUT2D eigenvalue weighted by Gasteiger charge is -2.27. The third-order valence-electron chi connectivity index (χ3n) is 3.18. The van der Waals surface area contributed by atoms with Crippen LogP contribution in [0.2, 0.25) is 0 Å². The van der Waals surface area contributed by atoms with Crippen molar-refractivity contribution < 1.29 is 9.90 Å². The molecule has 1 rings (SSSR count). The van der Waals surface area contributed by atoms with E-state index >= 15 is 0 Å². The molecule has 0 bridgehead atoms. The van der Waals surface area contributed by atoms with Gasteiger partial charge in [-0.05, 0) is 11.3 Å². The van der Waals surface area contributed by atoms with Crippen LogP contribution < -0.4 is 5.32 Å². The van der Waals surface area contributed by atoms with Gasteiger partial charge < -0.3 is 10.4 Å². The lowest BCUT2D eigenvalue weighted by atomic mass is 9.82. The van der Waals surface area contributed by atoms with Gasteiger partial charge in [0.15, 0.2) is 5.13 Å². The van der Waals surface area contributed by atoms with Gasteiger partial charge in [0.25, 0.3) is 0 Å². The highest BCUT2D eigenvalue weighted by molar-refractivity contribution is 7.13. The van der Waals surface area contributed by atoms with Gasteiger partial charge in [0.05, 0.1) is 12.1 Å². The van der Waals surface area contributed by atoms with Crippen molar-refractivity contribution in [2.45, 2.75) is 40.5 Å². The molecule has 0 spiro atoms. The lowest BCUT2D eigenvalue weighted by Crippen LogP contribution is -2.24. The summed E-state index contributed by atoms with van der Waals surface area (Å²) in [7, 11) is 0. The molecule has 0 aliphatic heterocycles. The minimum absolute atomic E-state index is 0.140. The first-order valence-corrected chi connectivity index (χ1v) is 7.07. The topological polar surface area (TPSA) is 62.2 Å². The van der Waals surface area contributed by atoms with Crippen molar-refractivity contribution in [1.29, 1.82) is 0 Å². The monoisotopic (exact) mass is 270 g/mol. The number of nitrogens with one attached hydrogen (secondary N) is 1. The molecule has 1 atom stereocenters. The summed E-state index contributed by atoms with van der Waals surface area (Å²) in [6.07, 6.45) is 0.643. The molecule has 102 valence electrons. The van der Waals surface area contributed by atoms with E-state index < -0.39 is 5.97 Å². The predicted molar refractivity (Wildman–Crippen MR) is 75.2 cm³/mol. The highest BCUT2D eigenvalue weighted by Gasteiger charge is 2.19. The first-order chi connectivity index (χ1) is 8.29. The van der Waals surface area contributed by atoms with Crippen LogP contribution >= 0.6 is 11.3 Å². The van der Waals surface area contributed by atoms with Crippen LogP contribution in [0.5, 0.6) is 0 Å². The molecule has 0 fully saturated rings. The van der Waals surface area contributed by atoms with Crippen molar-refractivity contribution in [3.8, 4) is 0 Å². The molecule has 0 aliphatic carbocycles. The van der Waals surface area contributed by atoms with Crippen LogP contribution in [0, 0.1) is 11.3 Å². The Morgan fingerprint density at radius 1 is 1.56 bits per heavy atom. The Labute approximate surface area is 112 Å². The van der Waals surface area contributed by atoms with Gasteiger partial charge >= 0.3 is 5.97 Å². The molecule has 4 nitrogen and oxygen atoms in total. The van der Waals surface area contributed by atoms with E-state index in [0.29, 0.717) is 12.3 Å². The molecule has 0 saturated carbocycles. The Morgan fingerprint density at radius 2 is 2.22 bits per heavy atom. The van der Waals surface area contributed by atoms with Crippen molar-refractivity contribution in [2.24, 2.45) is 11.3 Å². The molecule has 18 heavy (non-hydrogen) atoms. The molecule has 0 aromatic carbocycles. The number of carbonyl (C=O) groups is 1. The number of hydrogen-bond acceptors (Lipinski definition) is 4. The SMILES string of the molecule is CC(CNc1nc(CCC(=O)O)cs1)C(C)(C)C. The van der Waals surface area contributed by atoms with Crippen molar-refractivity contribution in [3.05, 3.63) is 11.1 Å². The Hall–Kier alpha value is -1.10. The van der Waals surface area contributed by atoms with Crippen molar-refractivity contribution in [3.63, 3.8) is 0 Å². The van der Waals surface area contributed by atoms with Crippen molar-refractivity contribution >= 4 is 22.4 Å². The number of carboxylic acid groups (broad SMARTS) is 1. The van der Waals surface area contributed by atoms with Gasteiger partial charge in [0.2, 0.25) is 0 Å². The van der Waals surface area contributed by atoms with Crippen molar-refractivity contribution in [2.75, 3.05) is 11.9 Å². The number of aryl methyl sites for hydroxylation is 1. The molecule has 5 heteroatoms. The summed E-state index contributed by atoms with van der Waals surface area (Å²) < 4.78 is 0. The third kappa shape index (κ3) is 5.04. The van der Waals surface area contributed by atoms with Gasteiger partial charge in [-0.3, -0.25) is 4.79 Å². The summed E-state index contributed by atoms with van der Waals surface area (Å²) in [5, 5.41) is 14.7. The second kappa shape index (κ2) is 6.18. The molecule has 1 aromatic heterocycles. The standard InChI is InChI=1S/C13H22N2O2S/c1-9(13(2,3)4)7-14-12-15-10(8-18-12)5-6-11(16)17/h8-9H,5-7H2,1-4H3,(H,14,15)(H,16,17). The Bertz CT molecular complexity index is 396. The summed E-state index contributed by atoms with van der Waals surface area (Å²) in [4.78, 5) is 14.8. The van der Waals surface area contributed by atoms with Crippen LogP contribution in [0.25, 0.3) is 0 Å². The second-order valence-corrected chi connectivity index (χ2v) is 6.54. The fourth-order valence-corrected chi connectivity index (χ4v) is 2.04. The van der Waals surface area contributed by atoms with E-state index in [2.05, 4.69) is 38.0 Å². The number of rotatable bonds is 6. The van der Waals surface area contributed by atoms with Gasteiger partial charge in [-0.1, -0.05) is 27.7 Å². The van der Waals surface area contributed by atoms with Gasteiger partial charge in [-0.2, -0.15) is 0 Å². The summed E-state index contributed by atoms with van der Waals surface area (Å²) in [5.41, 5.74) is 1.13. The maximum absolute atomic E-state index is 10.5. The average molecular weight is 270 g/mol. The maximum atomic E-state index is 10.5. The minimum atomic E-state index is -0.779. The zero-order chi connectivity index (χ0) is 13.8. The molecule has 0 aliphatic rings. The van der Waals surface area contributed by atoms with Gasteiger partial charge in [-0.25, -0.2) is 4.98 Å². The number of aliphatic carboxylic acids is 1. The molecule has 0 radical (unpaired) electrons. The summed E-state index contributed by atoms with van der Waals surface area (Å²) >= 11 is 1.54. The predicted octanol–water partition coefficient (Wildman–Crippen LogP) is 3.25. The summed E-state index contributed by atoms with van der Waals surface area (Å²) in [6, 6.07) is 0. The second-order valence-electron chi connectivity index (χ2n) is 5.69. The highest BCUT2D eigenvalue weighted by atomic mass is 32.1. The Kier molecular flexibility index (Phi) is 5.14. The minimum Gasteiger partial charge on any atom is -0.481 e. The first kappa shape index (κ1) is 15.0. The van der Waals surface area contributed by atoms with E-state index in [-0.39, 0.29) is 11.8 Å². The van der Waals surface area contributed by atoms with E-state index in [1.807, 2.05) is 5.38 Å². The van der Waals surface area contributed by atoms with E-state index in [9.17, 15) is 4.79 Å². The van der Waals surface area contributed by atoms with Crippen LogP contribution in [0.15, 0.2) is 5.38 Å². The molecule has 0 amide bonds. The van der Waals surface area contributed by atoms with Crippen LogP contribution in [-0.2, 0) is 11.2 Å². The number of aromatic nitrogens is 1. The van der Waals surface area contributed by atoms with Gasteiger partial charge in [0.1, 0.15) is 0 Å². The highest BCUT2D eigenvalue weighted by Crippen LogP contribution is 2.26. The summed E-state index contributed by atoms with van der Waals surface area (Å²) in [5.74, 6) is -0.234. The summed E-state index contributed by atoms with van der Waals surface area (Å²) in [6.45, 7) is 9.76. The van der Waals surface area contributed by atoms with E-state index in [4.69, 9.17) is 5.11 Å². The number of hydrogen-bond donors (Lipinski definition) is 2. The number of nitrogens with zero attached hydrogens (tertiary/aromatic N) is 1. The lowest BCUT2D eigenvalue weighted by molar-refractivity contribution is -0.136. The number of carboxylic acids is 1. The molecule has 1 unspecified atom stereocenters. The maximum Gasteiger partial charge on any atom is 0.303 e. The van der Waals surface area contributed by atoms with Crippen LogP contribution in [0.4, 0.5) is 5.13 Å². The molecular formula is C13H22N2O2S. The molecule has 2 N–H and O–H groups in total. The van der Waals surface area contributed by atoms with Crippen LogP contribution in [0.1, 0.15) is 39.8 Å². The third-order valence-corrected chi connectivity index (χ3v) is 4.03. The molecule has 1 heterocycles. The largest absolute Gasteiger partial charge is 0.481 e. The zero-order valence-corrected chi connectivity index (χ0v) is 12.3. The van der Waals surface area contributed by atoms with Crippen LogP contribution in [-0.4, -0.2) is 22.6 Å². The smallest absolute Gasteiger partial charge is 0.303 e. The number of anilines is 1. The number of thiazole rings is 1. The van der Waals surface area contributed by atoms with Crippen LogP contribution in [0.3, 0.4) is 0 Å². The van der Waals surface area contributed by atoms with Crippen molar-refractivity contribution in [1.82, 2.24) is 4.98 Å². The first-order valence-electron chi connectivity index (χ1n) is 6.19. The van der Waals surface area contributed by atoms with E-state index in [1.165, 1.54) is 11.3 Å². The molecule has 0 saturated heterocycles. The molecule has 1 aromatic rings. The van der Waals surface area contributed by atoms with Gasteiger partial charge in [0, 0.05) is 18.3 Å². The Morgan fingerprint density at radius 3 is 2.78 bits per heavy atom. The fraction of sp³-hybridized carbons (Fsp3) is 0.692. The fourth-order valence-electron chi connectivity index (χ4n) is 1.28. The average Bonchev–Trinajstić information content (AvgIpc) is 2.69. The van der Waals surface area contributed by atoms with E-state index in [1.54, 1.807) is 0 Å².